The Bertz CT molecular complexity index is 987. The monoisotopic (exact) mass is 375 g/mol. The fourth-order valence-corrected chi connectivity index (χ4v) is 3.02. The van der Waals surface area contributed by atoms with Gasteiger partial charge >= 0.3 is 0 Å². The molecular weight excluding hydrogens is 354 g/mol. The number of amides is 1. The average Bonchev–Trinajstić information content (AvgIpc) is 2.69. The van der Waals surface area contributed by atoms with Crippen molar-refractivity contribution in [1.82, 2.24) is 4.98 Å². The van der Waals surface area contributed by atoms with Crippen LogP contribution in [0.2, 0.25) is 0 Å². The summed E-state index contributed by atoms with van der Waals surface area (Å²) in [5.41, 5.74) is 3.81. The van der Waals surface area contributed by atoms with Crippen molar-refractivity contribution in [1.29, 1.82) is 0 Å². The molecule has 6 nitrogen and oxygen atoms in total. The molecule has 0 aliphatic carbocycles. The van der Waals surface area contributed by atoms with Crippen molar-refractivity contribution in [3.05, 3.63) is 71.9 Å². The molecule has 1 aromatic heterocycles. The molecule has 2 N–H and O–H groups in total. The van der Waals surface area contributed by atoms with Crippen molar-refractivity contribution in [3.8, 4) is 11.5 Å². The molecule has 6 heteroatoms. The van der Waals surface area contributed by atoms with Gasteiger partial charge in [-0.3, -0.25) is 4.79 Å². The Labute approximate surface area is 163 Å². The summed E-state index contributed by atoms with van der Waals surface area (Å²) >= 11 is 0. The first-order valence-electron chi connectivity index (χ1n) is 9.14. The summed E-state index contributed by atoms with van der Waals surface area (Å²) in [4.78, 5) is 16.5. The minimum atomic E-state index is -0.0920. The van der Waals surface area contributed by atoms with E-state index in [1.807, 2.05) is 55.5 Å². The Morgan fingerprint density at radius 1 is 1.00 bits per heavy atom. The maximum Gasteiger partial charge on any atom is 0.229 e. The number of carbonyl (C=O) groups excluding carboxylic acids is 1. The fraction of sp³-hybridized carbons (Fsp3) is 0.182. The van der Waals surface area contributed by atoms with Gasteiger partial charge in [-0.25, -0.2) is 4.98 Å². The number of aromatic nitrogens is 1. The van der Waals surface area contributed by atoms with Crippen molar-refractivity contribution >= 4 is 23.1 Å². The summed E-state index contributed by atoms with van der Waals surface area (Å²) in [5.74, 6) is 1.90. The zero-order valence-electron chi connectivity index (χ0n) is 15.6. The maximum absolute atomic E-state index is 12.2. The van der Waals surface area contributed by atoms with Gasteiger partial charge in [-0.05, 0) is 36.8 Å². The molecule has 142 valence electrons. The van der Waals surface area contributed by atoms with Crippen molar-refractivity contribution < 1.29 is 14.3 Å². The van der Waals surface area contributed by atoms with Crippen LogP contribution in [0.25, 0.3) is 0 Å². The van der Waals surface area contributed by atoms with Gasteiger partial charge in [-0.2, -0.15) is 0 Å². The Morgan fingerprint density at radius 3 is 2.61 bits per heavy atom. The van der Waals surface area contributed by atoms with Crippen molar-refractivity contribution in [2.75, 3.05) is 23.8 Å². The number of nitrogens with one attached hydrogen (secondary N) is 2. The summed E-state index contributed by atoms with van der Waals surface area (Å²) < 4.78 is 11.1. The molecule has 28 heavy (non-hydrogen) atoms. The Hall–Kier alpha value is -3.54. The molecule has 0 bridgehead atoms. The number of hydrogen-bond acceptors (Lipinski definition) is 5. The molecule has 1 aliphatic rings. The smallest absolute Gasteiger partial charge is 0.229 e. The topological polar surface area (TPSA) is 72.5 Å². The molecule has 0 unspecified atom stereocenters. The molecular formula is C22H21N3O3. The van der Waals surface area contributed by atoms with Gasteiger partial charge in [-0.1, -0.05) is 29.8 Å². The van der Waals surface area contributed by atoms with E-state index in [-0.39, 0.29) is 5.91 Å². The minimum Gasteiger partial charge on any atom is -0.486 e. The highest BCUT2D eigenvalue weighted by atomic mass is 16.6. The van der Waals surface area contributed by atoms with E-state index in [1.54, 1.807) is 12.3 Å². The van der Waals surface area contributed by atoms with E-state index in [0.29, 0.717) is 25.5 Å². The van der Waals surface area contributed by atoms with Crippen molar-refractivity contribution in [2.24, 2.45) is 0 Å². The van der Waals surface area contributed by atoms with E-state index < -0.39 is 0 Å². The third kappa shape index (κ3) is 4.40. The lowest BCUT2D eigenvalue weighted by Gasteiger charge is -2.19. The van der Waals surface area contributed by atoms with Crippen molar-refractivity contribution in [3.63, 3.8) is 0 Å². The molecule has 0 saturated carbocycles. The van der Waals surface area contributed by atoms with Crippen LogP contribution in [0.3, 0.4) is 0 Å². The molecule has 4 rings (SSSR count). The van der Waals surface area contributed by atoms with E-state index in [0.717, 1.165) is 34.0 Å². The van der Waals surface area contributed by atoms with Crippen LogP contribution in [0.5, 0.6) is 11.5 Å². The second kappa shape index (κ2) is 8.00. The molecule has 0 saturated heterocycles. The van der Waals surface area contributed by atoms with Gasteiger partial charge in [0.05, 0.1) is 18.3 Å². The van der Waals surface area contributed by atoms with Gasteiger partial charge in [-0.15, -0.1) is 0 Å². The van der Waals surface area contributed by atoms with Crippen LogP contribution in [0, 0.1) is 6.92 Å². The maximum atomic E-state index is 12.2. The van der Waals surface area contributed by atoms with Crippen LogP contribution >= 0.6 is 0 Å². The second-order valence-electron chi connectivity index (χ2n) is 6.63. The number of benzene rings is 2. The second-order valence-corrected chi connectivity index (χ2v) is 6.63. The van der Waals surface area contributed by atoms with Gasteiger partial charge in [0.15, 0.2) is 11.5 Å². The van der Waals surface area contributed by atoms with Gasteiger partial charge in [0.2, 0.25) is 5.91 Å². The van der Waals surface area contributed by atoms with Crippen LogP contribution in [0.15, 0.2) is 60.8 Å². The number of rotatable bonds is 5. The summed E-state index contributed by atoms with van der Waals surface area (Å²) in [6.45, 7) is 3.13. The Kier molecular flexibility index (Phi) is 5.10. The molecule has 1 aliphatic heterocycles. The zero-order valence-corrected chi connectivity index (χ0v) is 15.6. The fourth-order valence-electron chi connectivity index (χ4n) is 3.02. The average molecular weight is 375 g/mol. The van der Waals surface area contributed by atoms with Crippen LogP contribution in [-0.2, 0) is 11.2 Å². The first-order chi connectivity index (χ1) is 13.7. The number of aryl methyl sites for hydroxylation is 1. The molecule has 1 amide bonds. The molecule has 2 heterocycles. The third-order valence-corrected chi connectivity index (χ3v) is 4.31. The number of carbonyl (C=O) groups is 1. The van der Waals surface area contributed by atoms with Crippen LogP contribution < -0.4 is 20.1 Å². The first kappa shape index (κ1) is 17.9. The van der Waals surface area contributed by atoms with Crippen LogP contribution in [0.4, 0.5) is 17.2 Å². The lowest BCUT2D eigenvalue weighted by atomic mass is 10.1. The van der Waals surface area contributed by atoms with Gasteiger partial charge < -0.3 is 20.1 Å². The van der Waals surface area contributed by atoms with E-state index in [2.05, 4.69) is 15.6 Å². The highest BCUT2D eigenvalue weighted by molar-refractivity contribution is 5.91. The molecule has 0 fully saturated rings. The van der Waals surface area contributed by atoms with E-state index in [1.165, 1.54) is 0 Å². The zero-order chi connectivity index (χ0) is 19.3. The molecule has 3 aromatic rings. The summed E-state index contributed by atoms with van der Waals surface area (Å²) in [5, 5.41) is 6.10. The normalized spacial score (nSPS) is 12.3. The minimum absolute atomic E-state index is 0.0920. The van der Waals surface area contributed by atoms with Gasteiger partial charge in [0.25, 0.3) is 0 Å². The highest BCUT2D eigenvalue weighted by Gasteiger charge is 2.12. The predicted molar refractivity (Wildman–Crippen MR) is 108 cm³/mol. The number of fused-ring (bicyclic) bond motifs is 1. The van der Waals surface area contributed by atoms with Gasteiger partial charge in [0, 0.05) is 11.8 Å². The Balaban J connectivity index is 1.36. The lowest BCUT2D eigenvalue weighted by Crippen LogP contribution is -2.15. The SMILES string of the molecule is Cc1cccc(CC(=O)Nc2ccc(Nc3ccc4c(c3)OCCO4)cn2)c1. The third-order valence-electron chi connectivity index (χ3n) is 4.31. The number of hydrogen-bond donors (Lipinski definition) is 2. The van der Waals surface area contributed by atoms with E-state index in [9.17, 15) is 4.79 Å². The van der Waals surface area contributed by atoms with Crippen LogP contribution in [0.1, 0.15) is 11.1 Å². The lowest BCUT2D eigenvalue weighted by molar-refractivity contribution is -0.115. The summed E-state index contributed by atoms with van der Waals surface area (Å²) in [6.07, 6.45) is 2.00. The van der Waals surface area contributed by atoms with Crippen LogP contribution in [-0.4, -0.2) is 24.1 Å². The number of pyridine rings is 1. The van der Waals surface area contributed by atoms with E-state index in [4.69, 9.17) is 9.47 Å². The Morgan fingerprint density at radius 2 is 1.82 bits per heavy atom. The largest absolute Gasteiger partial charge is 0.486 e. The number of nitrogens with zero attached hydrogens (tertiary/aromatic N) is 1. The molecule has 0 radical (unpaired) electrons. The number of anilines is 3. The predicted octanol–water partition coefficient (Wildman–Crippen LogP) is 4.09. The number of ether oxygens (including phenoxy) is 2. The first-order valence-corrected chi connectivity index (χ1v) is 9.14. The molecule has 2 aromatic carbocycles. The van der Waals surface area contributed by atoms with E-state index >= 15 is 0 Å². The van der Waals surface area contributed by atoms with Crippen molar-refractivity contribution in [2.45, 2.75) is 13.3 Å². The highest BCUT2D eigenvalue weighted by Crippen LogP contribution is 2.33. The molecule has 0 atom stereocenters. The summed E-state index contributed by atoms with van der Waals surface area (Å²) in [6, 6.07) is 17.3. The summed E-state index contributed by atoms with van der Waals surface area (Å²) in [7, 11) is 0. The molecule has 0 spiro atoms. The van der Waals surface area contributed by atoms with Gasteiger partial charge in [0.1, 0.15) is 19.0 Å². The quantitative estimate of drug-likeness (QED) is 0.703. The standard InChI is InChI=1S/C22H21N3O3/c1-15-3-2-4-16(11-15)12-22(26)25-21-8-6-18(14-23-21)24-17-5-7-19-20(13-17)28-10-9-27-19/h2-8,11,13-14,24H,9-10,12H2,1H3,(H,23,25,26).